The van der Waals surface area contributed by atoms with E-state index in [0.29, 0.717) is 17.7 Å². The quantitative estimate of drug-likeness (QED) is 0.791. The van der Waals surface area contributed by atoms with E-state index in [0.717, 1.165) is 30.4 Å². The first kappa shape index (κ1) is 16.8. The molecule has 128 valence electrons. The minimum Gasteiger partial charge on any atom is -0.339 e. The zero-order chi connectivity index (χ0) is 16.2. The summed E-state index contributed by atoms with van der Waals surface area (Å²) in [6, 6.07) is 0.383. The Hall–Kier alpha value is -1.04. The molecule has 1 aliphatic heterocycles. The number of hydrogen-bond acceptors (Lipinski definition) is 4. The molecule has 0 spiro atoms. The SMILES string of the molecule is CC1CCCCN1C(=O)CSc1nnc(C2CCCCC2)n1C. The Morgan fingerprint density at radius 2 is 1.87 bits per heavy atom. The lowest BCUT2D eigenvalue weighted by Crippen LogP contribution is -2.42. The first-order valence-electron chi connectivity index (χ1n) is 8.98. The van der Waals surface area contributed by atoms with Gasteiger partial charge < -0.3 is 9.47 Å². The Morgan fingerprint density at radius 1 is 1.13 bits per heavy atom. The van der Waals surface area contributed by atoms with Crippen molar-refractivity contribution in [2.75, 3.05) is 12.3 Å². The fourth-order valence-corrected chi connectivity index (χ4v) is 4.65. The Bertz CT molecular complexity index is 539. The third-order valence-corrected chi connectivity index (χ3v) is 6.29. The highest BCUT2D eigenvalue weighted by atomic mass is 32.2. The first-order chi connectivity index (χ1) is 11.2. The van der Waals surface area contributed by atoms with E-state index in [4.69, 9.17) is 0 Å². The van der Waals surface area contributed by atoms with E-state index >= 15 is 0 Å². The van der Waals surface area contributed by atoms with Crippen LogP contribution in [0.1, 0.15) is 70.0 Å². The van der Waals surface area contributed by atoms with Crippen molar-refractivity contribution < 1.29 is 4.79 Å². The van der Waals surface area contributed by atoms with E-state index in [9.17, 15) is 4.79 Å². The van der Waals surface area contributed by atoms with E-state index < -0.39 is 0 Å². The molecule has 1 amide bonds. The van der Waals surface area contributed by atoms with Crippen LogP contribution in [-0.4, -0.2) is 43.9 Å². The average molecular weight is 337 g/mol. The van der Waals surface area contributed by atoms with Crippen LogP contribution in [0.2, 0.25) is 0 Å². The predicted molar refractivity (Wildman–Crippen MR) is 92.6 cm³/mol. The molecule has 23 heavy (non-hydrogen) atoms. The number of carbonyl (C=O) groups excluding carboxylic acids is 1. The smallest absolute Gasteiger partial charge is 0.233 e. The standard InChI is InChI=1S/C17H28N4OS/c1-13-8-6-7-11-21(13)15(22)12-23-17-19-18-16(20(17)2)14-9-4-3-5-10-14/h13-14H,3-12H2,1-2H3. The highest BCUT2D eigenvalue weighted by Gasteiger charge is 2.25. The lowest BCUT2D eigenvalue weighted by Gasteiger charge is -2.33. The summed E-state index contributed by atoms with van der Waals surface area (Å²) in [5.41, 5.74) is 0. The maximum absolute atomic E-state index is 12.4. The molecule has 1 aromatic heterocycles. The molecule has 2 fully saturated rings. The molecular formula is C17H28N4OS. The van der Waals surface area contributed by atoms with Gasteiger partial charge in [0.2, 0.25) is 5.91 Å². The van der Waals surface area contributed by atoms with Gasteiger partial charge in [0, 0.05) is 25.6 Å². The van der Waals surface area contributed by atoms with Crippen LogP contribution in [0, 0.1) is 0 Å². The van der Waals surface area contributed by atoms with Gasteiger partial charge in [-0.2, -0.15) is 0 Å². The number of piperidine rings is 1. The van der Waals surface area contributed by atoms with Gasteiger partial charge in [0.05, 0.1) is 5.75 Å². The lowest BCUT2D eigenvalue weighted by atomic mass is 9.89. The second kappa shape index (κ2) is 7.69. The number of rotatable bonds is 4. The predicted octanol–water partition coefficient (Wildman–Crippen LogP) is 3.36. The highest BCUT2D eigenvalue weighted by Crippen LogP contribution is 2.32. The van der Waals surface area contributed by atoms with Crippen LogP contribution >= 0.6 is 11.8 Å². The van der Waals surface area contributed by atoms with E-state index in [-0.39, 0.29) is 5.91 Å². The van der Waals surface area contributed by atoms with Crippen LogP contribution in [-0.2, 0) is 11.8 Å². The minimum absolute atomic E-state index is 0.240. The second-order valence-electron chi connectivity index (χ2n) is 6.96. The van der Waals surface area contributed by atoms with Crippen molar-refractivity contribution >= 4 is 17.7 Å². The zero-order valence-electron chi connectivity index (χ0n) is 14.3. The summed E-state index contributed by atoms with van der Waals surface area (Å²) in [4.78, 5) is 14.5. The summed E-state index contributed by atoms with van der Waals surface area (Å²) in [7, 11) is 2.04. The van der Waals surface area contributed by atoms with Gasteiger partial charge in [0.1, 0.15) is 5.82 Å². The molecule has 6 heteroatoms. The third kappa shape index (κ3) is 3.90. The van der Waals surface area contributed by atoms with Crippen molar-refractivity contribution in [3.63, 3.8) is 0 Å². The molecule has 3 rings (SSSR count). The van der Waals surface area contributed by atoms with Crippen molar-refractivity contribution in [3.8, 4) is 0 Å². The van der Waals surface area contributed by atoms with Crippen LogP contribution in [0.5, 0.6) is 0 Å². The maximum atomic E-state index is 12.4. The number of hydrogen-bond donors (Lipinski definition) is 0. The van der Waals surface area contributed by atoms with Gasteiger partial charge in [-0.25, -0.2) is 0 Å². The van der Waals surface area contributed by atoms with Crippen molar-refractivity contribution in [2.24, 2.45) is 7.05 Å². The molecule has 1 atom stereocenters. The van der Waals surface area contributed by atoms with Crippen molar-refractivity contribution in [1.82, 2.24) is 19.7 Å². The van der Waals surface area contributed by atoms with Gasteiger partial charge in [-0.05, 0) is 39.0 Å². The molecule has 0 N–H and O–H groups in total. The third-order valence-electron chi connectivity index (χ3n) is 5.29. The van der Waals surface area contributed by atoms with Crippen LogP contribution in [0.15, 0.2) is 5.16 Å². The van der Waals surface area contributed by atoms with Gasteiger partial charge in [-0.1, -0.05) is 31.0 Å². The van der Waals surface area contributed by atoms with Gasteiger partial charge in [0.15, 0.2) is 5.16 Å². The Balaban J connectivity index is 1.58. The number of aromatic nitrogens is 3. The molecule has 1 unspecified atom stereocenters. The van der Waals surface area contributed by atoms with Crippen molar-refractivity contribution in [3.05, 3.63) is 5.82 Å². The van der Waals surface area contributed by atoms with Gasteiger partial charge >= 0.3 is 0 Å². The molecule has 2 heterocycles. The topological polar surface area (TPSA) is 51.0 Å². The van der Waals surface area contributed by atoms with Crippen molar-refractivity contribution in [1.29, 1.82) is 0 Å². The molecule has 0 bridgehead atoms. The molecule has 1 saturated carbocycles. The fourth-order valence-electron chi connectivity index (χ4n) is 3.85. The average Bonchev–Trinajstić information content (AvgIpc) is 2.94. The number of nitrogens with zero attached hydrogens (tertiary/aromatic N) is 4. The summed E-state index contributed by atoms with van der Waals surface area (Å²) in [5.74, 6) is 2.37. The number of amides is 1. The number of likely N-dealkylation sites (tertiary alicyclic amines) is 1. The molecule has 0 radical (unpaired) electrons. The van der Waals surface area contributed by atoms with Crippen molar-refractivity contribution in [2.45, 2.75) is 75.4 Å². The normalized spacial score (nSPS) is 23.2. The number of carbonyl (C=O) groups is 1. The molecule has 0 aromatic carbocycles. The van der Waals surface area contributed by atoms with Crippen LogP contribution in [0.4, 0.5) is 0 Å². The lowest BCUT2D eigenvalue weighted by molar-refractivity contribution is -0.131. The Labute approximate surface area is 143 Å². The van der Waals surface area contributed by atoms with Crippen LogP contribution in [0.25, 0.3) is 0 Å². The van der Waals surface area contributed by atoms with E-state index in [2.05, 4.69) is 21.7 Å². The highest BCUT2D eigenvalue weighted by molar-refractivity contribution is 7.99. The van der Waals surface area contributed by atoms with Crippen LogP contribution < -0.4 is 0 Å². The molecule has 1 saturated heterocycles. The van der Waals surface area contributed by atoms with Gasteiger partial charge in [-0.15, -0.1) is 10.2 Å². The summed E-state index contributed by atoms with van der Waals surface area (Å²) in [6.07, 6.45) is 9.89. The van der Waals surface area contributed by atoms with Crippen LogP contribution in [0.3, 0.4) is 0 Å². The van der Waals surface area contributed by atoms with E-state index in [1.54, 1.807) is 0 Å². The van der Waals surface area contributed by atoms with Gasteiger partial charge in [0.25, 0.3) is 0 Å². The molecule has 5 nitrogen and oxygen atoms in total. The Kier molecular flexibility index (Phi) is 5.62. The first-order valence-corrected chi connectivity index (χ1v) is 9.97. The monoisotopic (exact) mass is 336 g/mol. The summed E-state index contributed by atoms with van der Waals surface area (Å²) in [5, 5.41) is 9.62. The summed E-state index contributed by atoms with van der Waals surface area (Å²) < 4.78 is 2.10. The Morgan fingerprint density at radius 3 is 2.61 bits per heavy atom. The maximum Gasteiger partial charge on any atom is 0.233 e. The second-order valence-corrected chi connectivity index (χ2v) is 7.90. The molecule has 1 aliphatic carbocycles. The molecule has 2 aliphatic rings. The number of thioether (sulfide) groups is 1. The van der Waals surface area contributed by atoms with E-state index in [1.807, 2.05) is 11.9 Å². The fraction of sp³-hybridized carbons (Fsp3) is 0.824. The molecule has 1 aromatic rings. The largest absolute Gasteiger partial charge is 0.339 e. The summed E-state index contributed by atoms with van der Waals surface area (Å²) in [6.45, 7) is 3.07. The summed E-state index contributed by atoms with van der Waals surface area (Å²) >= 11 is 1.53. The minimum atomic E-state index is 0.240. The zero-order valence-corrected chi connectivity index (χ0v) is 15.1. The van der Waals surface area contributed by atoms with Gasteiger partial charge in [-0.3, -0.25) is 4.79 Å². The molecular weight excluding hydrogens is 308 g/mol. The van der Waals surface area contributed by atoms with E-state index in [1.165, 1.54) is 50.3 Å².